The lowest BCUT2D eigenvalue weighted by molar-refractivity contribution is 0.511. The van der Waals surface area contributed by atoms with Gasteiger partial charge in [0.25, 0.3) is 0 Å². The molecular weight excluding hydrogens is 122 g/mol. The quantitative estimate of drug-likeness (QED) is 0.555. The molecule has 0 unspecified atom stereocenters. The minimum atomic E-state index is 0.681. The van der Waals surface area contributed by atoms with Crippen LogP contribution in [0.5, 0.6) is 0 Å². The Hall–Kier alpha value is -0.560. The van der Waals surface area contributed by atoms with E-state index < -0.39 is 0 Å². The van der Waals surface area contributed by atoms with Gasteiger partial charge in [-0.2, -0.15) is 0 Å². The number of allylic oxidation sites excluding steroid dienone is 2. The molecule has 0 aliphatic carbocycles. The van der Waals surface area contributed by atoms with Crippen molar-refractivity contribution in [1.82, 2.24) is 5.32 Å². The Morgan fingerprint density at radius 2 is 1.80 bits per heavy atom. The second-order valence-corrected chi connectivity index (χ2v) is 2.47. The van der Waals surface area contributed by atoms with E-state index in [0.29, 0.717) is 5.92 Å². The third kappa shape index (κ3) is 4.33. The summed E-state index contributed by atoms with van der Waals surface area (Å²) < 4.78 is 0. The molecule has 0 fully saturated rings. The standard InChI is InChI=1S/C9H17N/c1-4-6-9(7-5-2)8-10-3/h4-5,9-10H,1-2,6-8H2,3H3. The molecule has 1 nitrogen and oxygen atoms in total. The van der Waals surface area contributed by atoms with Gasteiger partial charge in [-0.25, -0.2) is 0 Å². The molecule has 10 heavy (non-hydrogen) atoms. The van der Waals surface area contributed by atoms with Crippen LogP contribution in [0.4, 0.5) is 0 Å². The second-order valence-electron chi connectivity index (χ2n) is 2.47. The van der Waals surface area contributed by atoms with Crippen molar-refractivity contribution in [2.24, 2.45) is 5.92 Å². The summed E-state index contributed by atoms with van der Waals surface area (Å²) in [6.45, 7) is 8.46. The van der Waals surface area contributed by atoms with E-state index in [-0.39, 0.29) is 0 Å². The van der Waals surface area contributed by atoms with Gasteiger partial charge in [-0.1, -0.05) is 12.2 Å². The summed E-state index contributed by atoms with van der Waals surface area (Å²) in [7, 11) is 1.97. The molecule has 0 radical (unpaired) electrons. The van der Waals surface area contributed by atoms with Gasteiger partial charge in [0.05, 0.1) is 0 Å². The van der Waals surface area contributed by atoms with Crippen LogP contribution >= 0.6 is 0 Å². The molecule has 0 aliphatic rings. The maximum atomic E-state index is 3.70. The Labute approximate surface area is 63.8 Å². The highest BCUT2D eigenvalue weighted by molar-refractivity contribution is 4.80. The van der Waals surface area contributed by atoms with E-state index in [2.05, 4.69) is 18.5 Å². The molecule has 0 spiro atoms. The Bertz CT molecular complexity index is 86.9. The highest BCUT2D eigenvalue weighted by Gasteiger charge is 2.01. The highest BCUT2D eigenvalue weighted by Crippen LogP contribution is 2.07. The van der Waals surface area contributed by atoms with Gasteiger partial charge in [0.1, 0.15) is 0 Å². The van der Waals surface area contributed by atoms with Gasteiger partial charge in [0, 0.05) is 0 Å². The Morgan fingerprint density at radius 1 is 1.30 bits per heavy atom. The van der Waals surface area contributed by atoms with E-state index >= 15 is 0 Å². The van der Waals surface area contributed by atoms with Crippen LogP contribution in [0.1, 0.15) is 12.8 Å². The minimum Gasteiger partial charge on any atom is -0.319 e. The molecule has 0 aliphatic heterocycles. The monoisotopic (exact) mass is 139 g/mol. The first kappa shape index (κ1) is 9.44. The number of hydrogen-bond donors (Lipinski definition) is 1. The van der Waals surface area contributed by atoms with E-state index in [4.69, 9.17) is 0 Å². The van der Waals surface area contributed by atoms with Gasteiger partial charge >= 0.3 is 0 Å². The number of rotatable bonds is 6. The van der Waals surface area contributed by atoms with Crippen LogP contribution in [0.25, 0.3) is 0 Å². The smallest absolute Gasteiger partial charge is 0.00176 e. The molecule has 1 N–H and O–H groups in total. The zero-order valence-electron chi connectivity index (χ0n) is 6.77. The van der Waals surface area contributed by atoms with E-state index in [1.54, 1.807) is 0 Å². The van der Waals surface area contributed by atoms with Crippen molar-refractivity contribution < 1.29 is 0 Å². The Balaban J connectivity index is 3.48. The summed E-state index contributed by atoms with van der Waals surface area (Å²) in [6.07, 6.45) is 6.08. The predicted octanol–water partition coefficient (Wildman–Crippen LogP) is 1.97. The predicted molar refractivity (Wildman–Crippen MR) is 47.0 cm³/mol. The summed E-state index contributed by atoms with van der Waals surface area (Å²) >= 11 is 0. The van der Waals surface area contributed by atoms with Gasteiger partial charge in [0.2, 0.25) is 0 Å². The number of hydrogen-bond acceptors (Lipinski definition) is 1. The molecule has 0 heterocycles. The van der Waals surface area contributed by atoms with Crippen molar-refractivity contribution in [1.29, 1.82) is 0 Å². The van der Waals surface area contributed by atoms with Crippen LogP contribution in [0.2, 0.25) is 0 Å². The van der Waals surface area contributed by atoms with Gasteiger partial charge in [-0.05, 0) is 32.4 Å². The fourth-order valence-corrected chi connectivity index (χ4v) is 1.02. The lowest BCUT2D eigenvalue weighted by Crippen LogP contribution is -2.17. The molecule has 0 amide bonds. The van der Waals surface area contributed by atoms with Crippen LogP contribution in [0, 0.1) is 5.92 Å². The third-order valence-electron chi connectivity index (χ3n) is 1.49. The normalized spacial score (nSPS) is 9.80. The first-order valence-corrected chi connectivity index (χ1v) is 3.71. The number of nitrogens with one attached hydrogen (secondary N) is 1. The average Bonchev–Trinajstić information content (AvgIpc) is 1.90. The van der Waals surface area contributed by atoms with Gasteiger partial charge in [-0.15, -0.1) is 13.2 Å². The van der Waals surface area contributed by atoms with Crippen molar-refractivity contribution >= 4 is 0 Å². The lowest BCUT2D eigenvalue weighted by Gasteiger charge is -2.10. The van der Waals surface area contributed by atoms with E-state index in [1.165, 1.54) is 0 Å². The van der Waals surface area contributed by atoms with E-state index in [0.717, 1.165) is 19.4 Å². The fourth-order valence-electron chi connectivity index (χ4n) is 1.02. The molecular formula is C9H17N. The zero-order chi connectivity index (χ0) is 7.82. The van der Waals surface area contributed by atoms with Crippen LogP contribution in [0.15, 0.2) is 25.3 Å². The SMILES string of the molecule is C=CCC(CC=C)CNC. The molecule has 0 saturated carbocycles. The van der Waals surface area contributed by atoms with Crippen molar-refractivity contribution in [3.63, 3.8) is 0 Å². The maximum absolute atomic E-state index is 3.70. The largest absolute Gasteiger partial charge is 0.319 e. The Morgan fingerprint density at radius 3 is 2.10 bits per heavy atom. The molecule has 1 heteroatoms. The first-order valence-electron chi connectivity index (χ1n) is 3.71. The van der Waals surface area contributed by atoms with Crippen molar-refractivity contribution in [3.8, 4) is 0 Å². The lowest BCUT2D eigenvalue weighted by atomic mass is 10.0. The summed E-state index contributed by atoms with van der Waals surface area (Å²) in [5.41, 5.74) is 0. The fraction of sp³-hybridized carbons (Fsp3) is 0.556. The molecule has 0 saturated heterocycles. The third-order valence-corrected chi connectivity index (χ3v) is 1.49. The topological polar surface area (TPSA) is 12.0 Å². The van der Waals surface area contributed by atoms with Gasteiger partial charge in [0.15, 0.2) is 0 Å². The Kier molecular flexibility index (Phi) is 6.19. The van der Waals surface area contributed by atoms with Crippen LogP contribution in [-0.4, -0.2) is 13.6 Å². The molecule has 0 atom stereocenters. The zero-order valence-corrected chi connectivity index (χ0v) is 6.77. The summed E-state index contributed by atoms with van der Waals surface area (Å²) in [4.78, 5) is 0. The molecule has 58 valence electrons. The molecule has 0 rings (SSSR count). The average molecular weight is 139 g/mol. The molecule has 0 aromatic heterocycles. The maximum Gasteiger partial charge on any atom is -0.00176 e. The van der Waals surface area contributed by atoms with Crippen LogP contribution in [-0.2, 0) is 0 Å². The van der Waals surface area contributed by atoms with Gasteiger partial charge in [-0.3, -0.25) is 0 Å². The second kappa shape index (κ2) is 6.56. The summed E-state index contributed by atoms with van der Waals surface area (Å²) in [5, 5.41) is 3.14. The molecule has 0 aromatic rings. The van der Waals surface area contributed by atoms with Crippen LogP contribution < -0.4 is 5.32 Å². The van der Waals surface area contributed by atoms with Crippen molar-refractivity contribution in [3.05, 3.63) is 25.3 Å². The van der Waals surface area contributed by atoms with E-state index in [9.17, 15) is 0 Å². The van der Waals surface area contributed by atoms with E-state index in [1.807, 2.05) is 19.2 Å². The minimum absolute atomic E-state index is 0.681. The van der Waals surface area contributed by atoms with Crippen molar-refractivity contribution in [2.45, 2.75) is 12.8 Å². The summed E-state index contributed by atoms with van der Waals surface area (Å²) in [5.74, 6) is 0.681. The molecule has 0 aromatic carbocycles. The highest BCUT2D eigenvalue weighted by atomic mass is 14.8. The summed E-state index contributed by atoms with van der Waals surface area (Å²) in [6, 6.07) is 0. The van der Waals surface area contributed by atoms with Crippen LogP contribution in [0.3, 0.4) is 0 Å². The first-order chi connectivity index (χ1) is 4.85. The molecule has 0 bridgehead atoms. The van der Waals surface area contributed by atoms with Gasteiger partial charge < -0.3 is 5.32 Å². The van der Waals surface area contributed by atoms with Crippen molar-refractivity contribution in [2.75, 3.05) is 13.6 Å².